The van der Waals surface area contributed by atoms with Crippen LogP contribution < -0.4 is 11.3 Å². The van der Waals surface area contributed by atoms with E-state index in [0.717, 1.165) is 10.5 Å². The van der Waals surface area contributed by atoms with Gasteiger partial charge in [-0.25, -0.2) is 30.8 Å². The molecule has 0 saturated carbocycles. The molecule has 3 rings (SSSR count). The quantitative estimate of drug-likeness (QED) is 0.355. The van der Waals surface area contributed by atoms with Crippen molar-refractivity contribution in [2.24, 2.45) is 5.84 Å². The average Bonchev–Trinajstić information content (AvgIpc) is 2.97. The summed E-state index contributed by atoms with van der Waals surface area (Å²) >= 11 is 1.37. The van der Waals surface area contributed by atoms with Gasteiger partial charge in [-0.2, -0.15) is 0 Å². The Bertz CT molecular complexity index is 761. The number of nitrogens with one attached hydrogen (secondary N) is 2. The smallest absolute Gasteiger partial charge is 0.181 e. The molecule has 3 heterocycles. The second-order valence-electron chi connectivity index (χ2n) is 3.97. The van der Waals surface area contributed by atoms with Gasteiger partial charge in [-0.1, -0.05) is 0 Å². The number of hydrazine groups is 1. The number of nitrogen functional groups attached to an aromatic ring is 1. The van der Waals surface area contributed by atoms with E-state index < -0.39 is 0 Å². The van der Waals surface area contributed by atoms with E-state index in [1.54, 1.807) is 19.5 Å². The minimum absolute atomic E-state index is 0.298. The Kier molecular flexibility index (Phi) is 3.90. The van der Waals surface area contributed by atoms with Crippen LogP contribution in [0.4, 0.5) is 5.82 Å². The fraction of sp³-hybridized carbons (Fsp3) is 0.182. The van der Waals surface area contributed by atoms with Gasteiger partial charge in [0.15, 0.2) is 11.5 Å². The maximum Gasteiger partial charge on any atom is 0.181 e. The minimum Gasteiger partial charge on any atom is -0.377 e. The molecule has 10 heteroatoms. The molecule has 3 aromatic heterocycles. The highest BCUT2D eigenvalue weighted by molar-refractivity contribution is 7.99. The van der Waals surface area contributed by atoms with Crippen LogP contribution >= 0.6 is 11.8 Å². The fourth-order valence-corrected chi connectivity index (χ4v) is 2.58. The Morgan fingerprint density at radius 2 is 2.24 bits per heavy atom. The number of ether oxygens (including phenoxy) is 1. The van der Waals surface area contributed by atoms with Crippen LogP contribution in [-0.2, 0) is 11.3 Å². The summed E-state index contributed by atoms with van der Waals surface area (Å²) in [5.74, 6) is 6.46. The maximum atomic E-state index is 5.42. The van der Waals surface area contributed by atoms with E-state index in [-0.39, 0.29) is 0 Å². The summed E-state index contributed by atoms with van der Waals surface area (Å²) in [7, 11) is 1.58. The predicted molar refractivity (Wildman–Crippen MR) is 76.4 cm³/mol. The highest BCUT2D eigenvalue weighted by Crippen LogP contribution is 2.29. The van der Waals surface area contributed by atoms with Gasteiger partial charge in [0.1, 0.15) is 34.3 Å². The van der Waals surface area contributed by atoms with E-state index in [0.29, 0.717) is 28.9 Å². The molecule has 3 aromatic rings. The van der Waals surface area contributed by atoms with Crippen molar-refractivity contribution < 1.29 is 4.74 Å². The molecule has 9 nitrogen and oxygen atoms in total. The number of aromatic nitrogens is 6. The first-order valence-corrected chi connectivity index (χ1v) is 6.77. The Hall–Kier alpha value is -2.30. The summed E-state index contributed by atoms with van der Waals surface area (Å²) < 4.78 is 5.05. The van der Waals surface area contributed by atoms with Crippen LogP contribution in [0.2, 0.25) is 0 Å². The van der Waals surface area contributed by atoms with Gasteiger partial charge < -0.3 is 15.1 Å². The van der Waals surface area contributed by atoms with Crippen LogP contribution in [-0.4, -0.2) is 37.0 Å². The number of aromatic amines is 1. The van der Waals surface area contributed by atoms with Gasteiger partial charge >= 0.3 is 0 Å². The molecule has 0 atom stereocenters. The zero-order valence-corrected chi connectivity index (χ0v) is 11.9. The standard InChI is InChI=1S/C11H12N8OS/c1-20-3-7-17-6(19-12)2-8(18-7)21-11-9-10(14-4-13-9)15-5-16-11/h2,4-5H,3,12H2,1H3,(H,17,18,19)(H,13,14,15,16). The maximum absolute atomic E-state index is 5.42. The van der Waals surface area contributed by atoms with Crippen molar-refractivity contribution in [2.45, 2.75) is 16.7 Å². The van der Waals surface area contributed by atoms with E-state index >= 15 is 0 Å². The molecular weight excluding hydrogens is 292 g/mol. The van der Waals surface area contributed by atoms with Crippen LogP contribution in [0.25, 0.3) is 11.2 Å². The summed E-state index contributed by atoms with van der Waals surface area (Å²) in [6.45, 7) is 0.298. The van der Waals surface area contributed by atoms with E-state index in [1.165, 1.54) is 18.1 Å². The van der Waals surface area contributed by atoms with E-state index in [4.69, 9.17) is 10.6 Å². The van der Waals surface area contributed by atoms with Crippen LogP contribution in [0.15, 0.2) is 28.8 Å². The number of hydrogen-bond acceptors (Lipinski definition) is 9. The molecule has 0 spiro atoms. The second kappa shape index (κ2) is 5.99. The van der Waals surface area contributed by atoms with Crippen molar-refractivity contribution >= 4 is 28.7 Å². The number of nitrogens with zero attached hydrogens (tertiary/aromatic N) is 5. The number of hydrogen-bond donors (Lipinski definition) is 3. The lowest BCUT2D eigenvalue weighted by molar-refractivity contribution is 0.177. The Morgan fingerprint density at radius 1 is 1.33 bits per heavy atom. The molecule has 21 heavy (non-hydrogen) atoms. The largest absolute Gasteiger partial charge is 0.377 e. The van der Waals surface area contributed by atoms with Crippen molar-refractivity contribution in [3.05, 3.63) is 24.5 Å². The lowest BCUT2D eigenvalue weighted by atomic mass is 10.5. The SMILES string of the molecule is COCc1nc(NN)cc(Sc2ncnc3nc[nH]c23)n1. The molecule has 0 saturated heterocycles. The van der Waals surface area contributed by atoms with Gasteiger partial charge in [0.2, 0.25) is 0 Å². The van der Waals surface area contributed by atoms with Gasteiger partial charge in [-0.3, -0.25) is 0 Å². The molecular formula is C11H12N8OS. The highest BCUT2D eigenvalue weighted by Gasteiger charge is 2.11. The Balaban J connectivity index is 1.97. The molecule has 0 radical (unpaired) electrons. The molecule has 108 valence electrons. The average molecular weight is 304 g/mol. The van der Waals surface area contributed by atoms with Crippen molar-refractivity contribution in [3.8, 4) is 0 Å². The number of imidazole rings is 1. The summed E-state index contributed by atoms with van der Waals surface area (Å²) in [6.07, 6.45) is 3.04. The Labute approximate surface area is 123 Å². The summed E-state index contributed by atoms with van der Waals surface area (Å²) in [5.41, 5.74) is 3.88. The predicted octanol–water partition coefficient (Wildman–Crippen LogP) is 0.726. The first kappa shape index (κ1) is 13.7. The number of H-pyrrole nitrogens is 1. The lowest BCUT2D eigenvalue weighted by Gasteiger charge is -2.06. The van der Waals surface area contributed by atoms with Crippen molar-refractivity contribution in [2.75, 3.05) is 12.5 Å². The first-order valence-electron chi connectivity index (χ1n) is 5.95. The zero-order chi connectivity index (χ0) is 14.7. The zero-order valence-electron chi connectivity index (χ0n) is 11.1. The second-order valence-corrected chi connectivity index (χ2v) is 4.98. The van der Waals surface area contributed by atoms with Gasteiger partial charge in [0.05, 0.1) is 6.33 Å². The molecule has 0 amide bonds. The van der Waals surface area contributed by atoms with Gasteiger partial charge in [-0.05, 0) is 11.8 Å². The van der Waals surface area contributed by atoms with E-state index in [1.807, 2.05) is 0 Å². The third-order valence-corrected chi connectivity index (χ3v) is 3.48. The van der Waals surface area contributed by atoms with Gasteiger partial charge in [0.25, 0.3) is 0 Å². The Morgan fingerprint density at radius 3 is 3.05 bits per heavy atom. The molecule has 0 aliphatic rings. The van der Waals surface area contributed by atoms with E-state index in [9.17, 15) is 0 Å². The molecule has 4 N–H and O–H groups in total. The van der Waals surface area contributed by atoms with Crippen molar-refractivity contribution in [1.29, 1.82) is 0 Å². The number of anilines is 1. The first-order chi connectivity index (χ1) is 10.3. The molecule has 0 aliphatic carbocycles. The van der Waals surface area contributed by atoms with Crippen molar-refractivity contribution in [1.82, 2.24) is 29.9 Å². The summed E-state index contributed by atoms with van der Waals surface area (Å²) in [5, 5.41) is 1.42. The van der Waals surface area contributed by atoms with Gasteiger partial charge in [-0.15, -0.1) is 0 Å². The number of rotatable bonds is 5. The van der Waals surface area contributed by atoms with Crippen LogP contribution in [0.3, 0.4) is 0 Å². The normalized spacial score (nSPS) is 11.0. The van der Waals surface area contributed by atoms with E-state index in [2.05, 4.69) is 35.3 Å². The molecule has 0 unspecified atom stereocenters. The summed E-state index contributed by atoms with van der Waals surface area (Å²) in [4.78, 5) is 24.0. The third kappa shape index (κ3) is 2.91. The molecule has 0 aromatic carbocycles. The van der Waals surface area contributed by atoms with Crippen molar-refractivity contribution in [3.63, 3.8) is 0 Å². The minimum atomic E-state index is 0.298. The number of methoxy groups -OCH3 is 1. The molecule has 0 bridgehead atoms. The monoisotopic (exact) mass is 304 g/mol. The van der Waals surface area contributed by atoms with Crippen LogP contribution in [0, 0.1) is 0 Å². The van der Waals surface area contributed by atoms with Crippen LogP contribution in [0.1, 0.15) is 5.82 Å². The van der Waals surface area contributed by atoms with Gasteiger partial charge in [0, 0.05) is 13.2 Å². The molecule has 0 aliphatic heterocycles. The molecule has 0 fully saturated rings. The number of nitrogens with two attached hydrogens (primary N) is 1. The van der Waals surface area contributed by atoms with Crippen LogP contribution in [0.5, 0.6) is 0 Å². The third-order valence-electron chi connectivity index (χ3n) is 2.56. The summed E-state index contributed by atoms with van der Waals surface area (Å²) in [6, 6.07) is 1.73. The number of fused-ring (bicyclic) bond motifs is 1. The topological polar surface area (TPSA) is 128 Å². The highest BCUT2D eigenvalue weighted by atomic mass is 32.2. The lowest BCUT2D eigenvalue weighted by Crippen LogP contribution is -2.11. The fourth-order valence-electron chi connectivity index (χ4n) is 1.71.